The van der Waals surface area contributed by atoms with Crippen LogP contribution >= 0.6 is 11.6 Å². The van der Waals surface area contributed by atoms with E-state index in [2.05, 4.69) is 23.4 Å². The second kappa shape index (κ2) is 3.33. The van der Waals surface area contributed by atoms with E-state index in [0.717, 1.165) is 35.8 Å². The predicted octanol–water partition coefficient (Wildman–Crippen LogP) is 2.75. The first kappa shape index (κ1) is 9.07. The van der Waals surface area contributed by atoms with Crippen LogP contribution in [-0.2, 0) is 13.0 Å². The Balaban J connectivity index is 2.21. The minimum absolute atomic E-state index is 0.754. The molecule has 0 saturated carbocycles. The lowest BCUT2D eigenvalue weighted by molar-refractivity contribution is 0.299. The Morgan fingerprint density at radius 2 is 2.38 bits per heavy atom. The third kappa shape index (κ3) is 1.60. The minimum Gasteiger partial charge on any atom is -0.319 e. The van der Waals surface area contributed by atoms with E-state index < -0.39 is 0 Å². The van der Waals surface area contributed by atoms with Gasteiger partial charge in [-0.05, 0) is 18.3 Å². The maximum absolute atomic E-state index is 5.99. The van der Waals surface area contributed by atoms with E-state index >= 15 is 0 Å². The van der Waals surface area contributed by atoms with Crippen LogP contribution < -0.4 is 0 Å². The number of hydrogen-bond acceptors (Lipinski definition) is 1. The third-order valence-corrected chi connectivity index (χ3v) is 3.30. The molecular formula is C10H15ClN2. The van der Waals surface area contributed by atoms with Gasteiger partial charge in [-0.2, -0.15) is 0 Å². The largest absolute Gasteiger partial charge is 0.319 e. The Morgan fingerprint density at radius 1 is 1.62 bits per heavy atom. The molecule has 1 aliphatic rings. The number of nitrogens with zero attached hydrogens (tertiary/aromatic N) is 2. The van der Waals surface area contributed by atoms with E-state index in [-0.39, 0.29) is 0 Å². The van der Waals surface area contributed by atoms with Gasteiger partial charge in [0.2, 0.25) is 0 Å². The fraction of sp³-hybridized carbons (Fsp3) is 0.700. The summed E-state index contributed by atoms with van der Waals surface area (Å²) in [7, 11) is 0. The number of halogens is 1. The topological polar surface area (TPSA) is 17.8 Å². The summed E-state index contributed by atoms with van der Waals surface area (Å²) in [5.41, 5.74) is 0. The lowest BCUT2D eigenvalue weighted by Crippen LogP contribution is -2.23. The van der Waals surface area contributed by atoms with Gasteiger partial charge in [0, 0.05) is 13.0 Å². The van der Waals surface area contributed by atoms with E-state index in [0.29, 0.717) is 0 Å². The number of hydrogen-bond donors (Lipinski definition) is 0. The van der Waals surface area contributed by atoms with Gasteiger partial charge in [0.25, 0.3) is 0 Å². The summed E-state index contributed by atoms with van der Waals surface area (Å²) in [6, 6.07) is 0. The fourth-order valence-electron chi connectivity index (χ4n) is 1.99. The monoisotopic (exact) mass is 198 g/mol. The van der Waals surface area contributed by atoms with E-state index in [1.54, 1.807) is 6.20 Å². The normalized spacial score (nSPS) is 22.0. The van der Waals surface area contributed by atoms with Gasteiger partial charge in [0.05, 0.1) is 6.20 Å². The first-order valence-corrected chi connectivity index (χ1v) is 5.26. The summed E-state index contributed by atoms with van der Waals surface area (Å²) in [6.07, 6.45) is 4.09. The molecule has 0 aromatic carbocycles. The van der Waals surface area contributed by atoms with Crippen LogP contribution in [-0.4, -0.2) is 9.55 Å². The minimum atomic E-state index is 0.754. The highest BCUT2D eigenvalue weighted by molar-refractivity contribution is 6.29. The van der Waals surface area contributed by atoms with Crippen LogP contribution in [0.25, 0.3) is 0 Å². The first-order chi connectivity index (χ1) is 6.18. The Bertz CT molecular complexity index is 304. The molecule has 0 spiro atoms. The molecule has 72 valence electrons. The molecule has 2 heterocycles. The van der Waals surface area contributed by atoms with Crippen LogP contribution in [0.5, 0.6) is 0 Å². The maximum Gasteiger partial charge on any atom is 0.128 e. The lowest BCUT2D eigenvalue weighted by Gasteiger charge is -2.26. The number of rotatable bonds is 1. The molecule has 1 unspecified atom stereocenters. The van der Waals surface area contributed by atoms with E-state index in [1.807, 2.05) is 0 Å². The van der Waals surface area contributed by atoms with Crippen molar-refractivity contribution in [2.24, 2.45) is 11.8 Å². The summed E-state index contributed by atoms with van der Waals surface area (Å²) in [4.78, 5) is 4.32. The molecule has 0 aliphatic carbocycles. The fourth-order valence-corrected chi connectivity index (χ4v) is 2.22. The molecule has 2 nitrogen and oxygen atoms in total. The van der Waals surface area contributed by atoms with Gasteiger partial charge in [-0.25, -0.2) is 4.98 Å². The number of imidazole rings is 1. The van der Waals surface area contributed by atoms with Crippen LogP contribution in [0, 0.1) is 11.8 Å². The molecule has 0 amide bonds. The molecule has 13 heavy (non-hydrogen) atoms. The van der Waals surface area contributed by atoms with Crippen molar-refractivity contribution in [3.05, 3.63) is 17.2 Å². The van der Waals surface area contributed by atoms with Crippen molar-refractivity contribution in [1.29, 1.82) is 0 Å². The van der Waals surface area contributed by atoms with E-state index in [1.165, 1.54) is 6.42 Å². The highest BCUT2D eigenvalue weighted by Crippen LogP contribution is 2.27. The second-order valence-electron chi connectivity index (χ2n) is 4.15. The zero-order valence-electron chi connectivity index (χ0n) is 8.13. The SMILES string of the molecule is CC(C)C1CCn2c(Cl)cnc2C1. The summed E-state index contributed by atoms with van der Waals surface area (Å²) >= 11 is 5.99. The summed E-state index contributed by atoms with van der Waals surface area (Å²) < 4.78 is 2.13. The molecule has 1 aliphatic heterocycles. The molecule has 0 fully saturated rings. The van der Waals surface area contributed by atoms with Gasteiger partial charge in [0.15, 0.2) is 0 Å². The smallest absolute Gasteiger partial charge is 0.128 e. The van der Waals surface area contributed by atoms with Gasteiger partial charge in [0.1, 0.15) is 11.0 Å². The van der Waals surface area contributed by atoms with Gasteiger partial charge < -0.3 is 4.57 Å². The third-order valence-electron chi connectivity index (χ3n) is 3.00. The zero-order valence-corrected chi connectivity index (χ0v) is 8.88. The molecule has 0 radical (unpaired) electrons. The van der Waals surface area contributed by atoms with Crippen LogP contribution in [0.3, 0.4) is 0 Å². The average molecular weight is 199 g/mol. The standard InChI is InChI=1S/C10H15ClN2/c1-7(2)8-3-4-13-9(11)6-12-10(13)5-8/h6-8H,3-5H2,1-2H3. The molecular weight excluding hydrogens is 184 g/mol. The average Bonchev–Trinajstić information content (AvgIpc) is 2.47. The summed E-state index contributed by atoms with van der Waals surface area (Å²) in [5.74, 6) is 2.70. The van der Waals surface area contributed by atoms with Gasteiger partial charge >= 0.3 is 0 Å². The number of aromatic nitrogens is 2. The van der Waals surface area contributed by atoms with E-state index in [4.69, 9.17) is 11.6 Å². The van der Waals surface area contributed by atoms with Crippen molar-refractivity contribution in [3.63, 3.8) is 0 Å². The Hall–Kier alpha value is -0.500. The van der Waals surface area contributed by atoms with Crippen molar-refractivity contribution in [3.8, 4) is 0 Å². The van der Waals surface area contributed by atoms with Crippen LogP contribution in [0.1, 0.15) is 26.1 Å². The summed E-state index contributed by atoms with van der Waals surface area (Å²) in [6.45, 7) is 5.60. The van der Waals surface area contributed by atoms with Gasteiger partial charge in [-0.1, -0.05) is 25.4 Å². The van der Waals surface area contributed by atoms with Gasteiger partial charge in [-0.15, -0.1) is 0 Å². The molecule has 1 aromatic rings. The molecule has 0 saturated heterocycles. The second-order valence-corrected chi connectivity index (χ2v) is 4.53. The van der Waals surface area contributed by atoms with Crippen molar-refractivity contribution in [2.45, 2.75) is 33.2 Å². The predicted molar refractivity (Wildman–Crippen MR) is 53.9 cm³/mol. The van der Waals surface area contributed by atoms with Crippen molar-refractivity contribution < 1.29 is 0 Å². The first-order valence-electron chi connectivity index (χ1n) is 4.88. The molecule has 1 aromatic heterocycles. The maximum atomic E-state index is 5.99. The molecule has 0 bridgehead atoms. The molecule has 1 atom stereocenters. The Morgan fingerprint density at radius 3 is 3.08 bits per heavy atom. The zero-order chi connectivity index (χ0) is 9.42. The van der Waals surface area contributed by atoms with Gasteiger partial charge in [-0.3, -0.25) is 0 Å². The quantitative estimate of drug-likeness (QED) is 0.679. The molecule has 0 N–H and O–H groups in total. The summed E-state index contributed by atoms with van der Waals surface area (Å²) in [5, 5.41) is 0.789. The van der Waals surface area contributed by atoms with Crippen molar-refractivity contribution >= 4 is 11.6 Å². The number of fused-ring (bicyclic) bond motifs is 1. The van der Waals surface area contributed by atoms with Crippen LogP contribution in [0.15, 0.2) is 6.20 Å². The Labute approximate surface area is 83.9 Å². The van der Waals surface area contributed by atoms with E-state index in [9.17, 15) is 0 Å². The lowest BCUT2D eigenvalue weighted by atomic mass is 9.87. The van der Waals surface area contributed by atoms with Crippen LogP contribution in [0.2, 0.25) is 5.15 Å². The van der Waals surface area contributed by atoms with Crippen molar-refractivity contribution in [1.82, 2.24) is 9.55 Å². The molecule has 2 rings (SSSR count). The van der Waals surface area contributed by atoms with Crippen molar-refractivity contribution in [2.75, 3.05) is 0 Å². The Kier molecular flexibility index (Phi) is 2.33. The van der Waals surface area contributed by atoms with Crippen LogP contribution in [0.4, 0.5) is 0 Å². The highest BCUT2D eigenvalue weighted by Gasteiger charge is 2.23. The highest BCUT2D eigenvalue weighted by atomic mass is 35.5. The molecule has 3 heteroatoms.